The zero-order valence-electron chi connectivity index (χ0n) is 11.5. The van der Waals surface area contributed by atoms with Crippen molar-refractivity contribution in [1.82, 2.24) is 15.3 Å². The maximum absolute atomic E-state index is 5.38. The third-order valence-electron chi connectivity index (χ3n) is 2.60. The van der Waals surface area contributed by atoms with Crippen molar-refractivity contribution in [1.29, 1.82) is 0 Å². The summed E-state index contributed by atoms with van der Waals surface area (Å²) in [7, 11) is 0. The van der Waals surface area contributed by atoms with Crippen LogP contribution in [0.4, 0.5) is 5.82 Å². The largest absolute Gasteiger partial charge is 0.345 e. The minimum atomic E-state index is 0.574. The molecule has 0 saturated heterocycles. The standard InChI is InChI=1S/C14H22N4/c1-5-7-18(6-2)14-13(10-16-11-17-14)9-15-8-12(3)4/h1,10-12,15H,6-9H2,2-4H3. The third-order valence-corrected chi connectivity index (χ3v) is 2.60. The average molecular weight is 246 g/mol. The summed E-state index contributed by atoms with van der Waals surface area (Å²) >= 11 is 0. The van der Waals surface area contributed by atoms with Crippen molar-refractivity contribution in [3.05, 3.63) is 18.1 Å². The van der Waals surface area contributed by atoms with E-state index in [4.69, 9.17) is 6.42 Å². The normalized spacial score (nSPS) is 10.4. The molecule has 0 fully saturated rings. The van der Waals surface area contributed by atoms with Crippen LogP contribution in [0, 0.1) is 18.3 Å². The predicted molar refractivity (Wildman–Crippen MR) is 75.3 cm³/mol. The molecule has 1 aromatic heterocycles. The molecule has 0 bridgehead atoms. The highest BCUT2D eigenvalue weighted by atomic mass is 15.2. The van der Waals surface area contributed by atoms with Crippen LogP contribution in [0.15, 0.2) is 12.5 Å². The Labute approximate surface area is 110 Å². The predicted octanol–water partition coefficient (Wildman–Crippen LogP) is 1.68. The smallest absolute Gasteiger partial charge is 0.137 e. The maximum Gasteiger partial charge on any atom is 0.137 e. The number of hydrogen-bond donors (Lipinski definition) is 1. The van der Waals surface area contributed by atoms with Crippen LogP contribution in [0.3, 0.4) is 0 Å². The molecular weight excluding hydrogens is 224 g/mol. The summed E-state index contributed by atoms with van der Waals surface area (Å²) < 4.78 is 0. The van der Waals surface area contributed by atoms with Crippen LogP contribution in [0.1, 0.15) is 26.3 Å². The van der Waals surface area contributed by atoms with Crippen molar-refractivity contribution >= 4 is 5.82 Å². The van der Waals surface area contributed by atoms with Gasteiger partial charge in [0.15, 0.2) is 0 Å². The van der Waals surface area contributed by atoms with Gasteiger partial charge in [-0.2, -0.15) is 0 Å². The van der Waals surface area contributed by atoms with E-state index in [2.05, 4.69) is 46.9 Å². The molecule has 0 atom stereocenters. The number of terminal acetylenes is 1. The molecule has 0 aliphatic rings. The molecule has 0 aliphatic carbocycles. The van der Waals surface area contributed by atoms with Gasteiger partial charge in [0.2, 0.25) is 0 Å². The highest BCUT2D eigenvalue weighted by Gasteiger charge is 2.10. The van der Waals surface area contributed by atoms with E-state index in [1.54, 1.807) is 6.33 Å². The minimum Gasteiger partial charge on any atom is -0.345 e. The van der Waals surface area contributed by atoms with Crippen molar-refractivity contribution in [2.75, 3.05) is 24.5 Å². The first-order chi connectivity index (χ1) is 8.69. The highest BCUT2D eigenvalue weighted by molar-refractivity contribution is 5.46. The number of anilines is 1. The monoisotopic (exact) mass is 246 g/mol. The minimum absolute atomic E-state index is 0.574. The molecule has 1 heterocycles. The number of nitrogens with one attached hydrogen (secondary N) is 1. The van der Waals surface area contributed by atoms with Crippen LogP contribution in [0.25, 0.3) is 0 Å². The Morgan fingerprint density at radius 2 is 2.28 bits per heavy atom. The summed E-state index contributed by atoms with van der Waals surface area (Å²) in [5.41, 5.74) is 1.09. The third kappa shape index (κ3) is 4.34. The lowest BCUT2D eigenvalue weighted by atomic mass is 10.2. The number of hydrogen-bond acceptors (Lipinski definition) is 4. The molecule has 1 rings (SSSR count). The second kappa shape index (κ2) is 7.67. The number of aromatic nitrogens is 2. The van der Waals surface area contributed by atoms with Crippen LogP contribution in [-0.4, -0.2) is 29.6 Å². The summed E-state index contributed by atoms with van der Waals surface area (Å²) in [5, 5.41) is 3.40. The first kappa shape index (κ1) is 14.5. The fourth-order valence-electron chi connectivity index (χ4n) is 1.70. The molecular formula is C14H22N4. The second-order valence-corrected chi connectivity index (χ2v) is 4.61. The van der Waals surface area contributed by atoms with Crippen molar-refractivity contribution in [3.63, 3.8) is 0 Å². The Kier molecular flexibility index (Phi) is 6.16. The SMILES string of the molecule is C#CCN(CC)c1ncncc1CNCC(C)C. The maximum atomic E-state index is 5.38. The van der Waals surface area contributed by atoms with E-state index < -0.39 is 0 Å². The van der Waals surface area contributed by atoms with Gasteiger partial charge in [-0.05, 0) is 19.4 Å². The molecule has 0 spiro atoms. The Morgan fingerprint density at radius 1 is 1.50 bits per heavy atom. The molecule has 18 heavy (non-hydrogen) atoms. The van der Waals surface area contributed by atoms with Crippen molar-refractivity contribution < 1.29 is 0 Å². The van der Waals surface area contributed by atoms with Crippen LogP contribution in [0.2, 0.25) is 0 Å². The Balaban J connectivity index is 2.75. The fourth-order valence-corrected chi connectivity index (χ4v) is 1.70. The summed E-state index contributed by atoms with van der Waals surface area (Å²) in [6.45, 7) is 9.62. The Hall–Kier alpha value is -1.60. The van der Waals surface area contributed by atoms with E-state index in [1.165, 1.54) is 0 Å². The molecule has 0 aromatic carbocycles. The van der Waals surface area contributed by atoms with E-state index in [0.29, 0.717) is 12.5 Å². The van der Waals surface area contributed by atoms with Gasteiger partial charge < -0.3 is 10.2 Å². The zero-order chi connectivity index (χ0) is 13.4. The molecule has 0 saturated carbocycles. The van der Waals surface area contributed by atoms with Gasteiger partial charge >= 0.3 is 0 Å². The summed E-state index contributed by atoms with van der Waals surface area (Å²) in [6.07, 6.45) is 8.81. The van der Waals surface area contributed by atoms with Crippen molar-refractivity contribution in [3.8, 4) is 12.3 Å². The quantitative estimate of drug-likeness (QED) is 0.743. The van der Waals surface area contributed by atoms with Gasteiger partial charge in [-0.3, -0.25) is 0 Å². The molecule has 0 amide bonds. The van der Waals surface area contributed by atoms with Gasteiger partial charge in [0.1, 0.15) is 12.1 Å². The first-order valence-electron chi connectivity index (χ1n) is 6.37. The first-order valence-corrected chi connectivity index (χ1v) is 6.37. The van der Waals surface area contributed by atoms with Crippen LogP contribution >= 0.6 is 0 Å². The van der Waals surface area contributed by atoms with Crippen molar-refractivity contribution in [2.24, 2.45) is 5.92 Å². The number of rotatable bonds is 7. The van der Waals surface area contributed by atoms with Crippen LogP contribution in [0.5, 0.6) is 0 Å². The van der Waals surface area contributed by atoms with Gasteiger partial charge in [0.05, 0.1) is 6.54 Å². The molecule has 98 valence electrons. The fraction of sp³-hybridized carbons (Fsp3) is 0.571. The Morgan fingerprint density at radius 3 is 2.89 bits per heavy atom. The molecule has 0 radical (unpaired) electrons. The topological polar surface area (TPSA) is 41.1 Å². The second-order valence-electron chi connectivity index (χ2n) is 4.61. The van der Waals surface area contributed by atoms with E-state index in [0.717, 1.165) is 31.0 Å². The van der Waals surface area contributed by atoms with E-state index in [-0.39, 0.29) is 0 Å². The van der Waals surface area contributed by atoms with Crippen LogP contribution in [-0.2, 0) is 6.54 Å². The molecule has 4 nitrogen and oxygen atoms in total. The zero-order valence-corrected chi connectivity index (χ0v) is 11.5. The van der Waals surface area contributed by atoms with E-state index >= 15 is 0 Å². The van der Waals surface area contributed by atoms with Gasteiger partial charge in [-0.1, -0.05) is 19.8 Å². The molecule has 0 aliphatic heterocycles. The Bertz CT molecular complexity index is 395. The van der Waals surface area contributed by atoms with E-state index in [1.807, 2.05) is 6.20 Å². The highest BCUT2D eigenvalue weighted by Crippen LogP contribution is 2.15. The lowest BCUT2D eigenvalue weighted by molar-refractivity contribution is 0.551. The average Bonchev–Trinajstić information content (AvgIpc) is 2.36. The molecule has 0 unspecified atom stereocenters. The summed E-state index contributed by atoms with van der Waals surface area (Å²) in [4.78, 5) is 10.5. The summed E-state index contributed by atoms with van der Waals surface area (Å²) in [6, 6.07) is 0. The van der Waals surface area contributed by atoms with Gasteiger partial charge in [0.25, 0.3) is 0 Å². The van der Waals surface area contributed by atoms with E-state index in [9.17, 15) is 0 Å². The van der Waals surface area contributed by atoms with Crippen LogP contribution < -0.4 is 10.2 Å². The lowest BCUT2D eigenvalue weighted by Crippen LogP contribution is -2.27. The van der Waals surface area contributed by atoms with Gasteiger partial charge in [-0.25, -0.2) is 9.97 Å². The van der Waals surface area contributed by atoms with Crippen molar-refractivity contribution in [2.45, 2.75) is 27.3 Å². The number of nitrogens with zero attached hydrogens (tertiary/aromatic N) is 3. The molecule has 1 aromatic rings. The molecule has 1 N–H and O–H groups in total. The van der Waals surface area contributed by atoms with Gasteiger partial charge in [0, 0.05) is 24.8 Å². The lowest BCUT2D eigenvalue weighted by Gasteiger charge is -2.21. The molecule has 4 heteroatoms. The van der Waals surface area contributed by atoms with Gasteiger partial charge in [-0.15, -0.1) is 6.42 Å². The summed E-state index contributed by atoms with van der Waals surface area (Å²) in [5.74, 6) is 4.23.